The molecular formula is C23H24N4O3S2. The Labute approximate surface area is 193 Å². The van der Waals surface area contributed by atoms with Crippen molar-refractivity contribution in [2.45, 2.75) is 38.3 Å². The van der Waals surface area contributed by atoms with Crippen molar-refractivity contribution in [3.8, 4) is 5.69 Å². The zero-order valence-electron chi connectivity index (χ0n) is 18.0. The van der Waals surface area contributed by atoms with Gasteiger partial charge in [0.25, 0.3) is 5.56 Å². The van der Waals surface area contributed by atoms with Gasteiger partial charge in [-0.25, -0.2) is 9.78 Å². The molecule has 9 heteroatoms. The topological polar surface area (TPSA) is 93.1 Å². The quantitative estimate of drug-likeness (QED) is 0.327. The molecule has 0 atom stereocenters. The minimum absolute atomic E-state index is 0.0462. The summed E-state index contributed by atoms with van der Waals surface area (Å²) in [5.41, 5.74) is 3.82. The Bertz CT molecular complexity index is 1290. The van der Waals surface area contributed by atoms with Crippen LogP contribution in [0.2, 0.25) is 0 Å². The highest BCUT2D eigenvalue weighted by Crippen LogP contribution is 2.36. The van der Waals surface area contributed by atoms with Gasteiger partial charge in [-0.2, -0.15) is 0 Å². The van der Waals surface area contributed by atoms with E-state index in [-0.39, 0.29) is 17.9 Å². The van der Waals surface area contributed by atoms with Gasteiger partial charge in [-0.05, 0) is 50.3 Å². The number of hydrogen-bond acceptors (Lipinski definition) is 6. The molecule has 3 aromatic rings. The van der Waals surface area contributed by atoms with Crippen LogP contribution in [0, 0.1) is 13.8 Å². The number of urea groups is 1. The van der Waals surface area contributed by atoms with Crippen LogP contribution < -0.4 is 16.2 Å². The van der Waals surface area contributed by atoms with Crippen LogP contribution in [0.1, 0.15) is 28.0 Å². The van der Waals surface area contributed by atoms with E-state index in [2.05, 4.69) is 17.2 Å². The molecule has 32 heavy (non-hydrogen) atoms. The minimum atomic E-state index is -0.583. The van der Waals surface area contributed by atoms with E-state index in [1.807, 2.05) is 32.0 Å². The summed E-state index contributed by atoms with van der Waals surface area (Å²) in [4.78, 5) is 44.4. The molecule has 1 aromatic carbocycles. The van der Waals surface area contributed by atoms with Crippen molar-refractivity contribution in [2.24, 2.45) is 0 Å². The first-order chi connectivity index (χ1) is 15.4. The maximum absolute atomic E-state index is 13.7. The van der Waals surface area contributed by atoms with E-state index in [4.69, 9.17) is 4.98 Å². The van der Waals surface area contributed by atoms with E-state index in [9.17, 15) is 14.4 Å². The van der Waals surface area contributed by atoms with Crippen molar-refractivity contribution in [2.75, 3.05) is 12.3 Å². The number of carbonyl (C=O) groups is 2. The second-order valence-corrected chi connectivity index (χ2v) is 9.72. The SMILES string of the molecule is C=CCNC(=O)NC(=O)CSc1nc2sc3c(c2c(=O)n1-c1ccc(C)cc1C)CCC3. The second-order valence-electron chi connectivity index (χ2n) is 7.70. The van der Waals surface area contributed by atoms with Crippen LogP contribution in [-0.4, -0.2) is 33.8 Å². The van der Waals surface area contributed by atoms with Crippen LogP contribution >= 0.6 is 23.1 Å². The Kier molecular flexibility index (Phi) is 6.48. The fourth-order valence-electron chi connectivity index (χ4n) is 3.89. The van der Waals surface area contributed by atoms with Crippen molar-refractivity contribution < 1.29 is 9.59 Å². The Morgan fingerprint density at radius 2 is 2.12 bits per heavy atom. The van der Waals surface area contributed by atoms with Gasteiger partial charge in [0.05, 0.1) is 16.8 Å². The number of nitrogens with zero attached hydrogens (tertiary/aromatic N) is 2. The average Bonchev–Trinajstić information content (AvgIpc) is 3.32. The lowest BCUT2D eigenvalue weighted by Gasteiger charge is -2.15. The lowest BCUT2D eigenvalue weighted by Crippen LogP contribution is -2.40. The van der Waals surface area contributed by atoms with Crippen LogP contribution in [0.5, 0.6) is 0 Å². The number of thioether (sulfide) groups is 1. The van der Waals surface area contributed by atoms with Crippen molar-refractivity contribution >= 4 is 45.3 Å². The molecule has 1 aliphatic rings. The normalized spacial score (nSPS) is 12.6. The van der Waals surface area contributed by atoms with Crippen molar-refractivity contribution in [3.63, 3.8) is 0 Å². The third-order valence-electron chi connectivity index (χ3n) is 5.29. The molecule has 3 amide bonds. The van der Waals surface area contributed by atoms with Crippen LogP contribution in [0.4, 0.5) is 4.79 Å². The molecule has 7 nitrogen and oxygen atoms in total. The molecule has 0 aliphatic heterocycles. The predicted molar refractivity (Wildman–Crippen MR) is 129 cm³/mol. The summed E-state index contributed by atoms with van der Waals surface area (Å²) in [6, 6.07) is 5.32. The highest BCUT2D eigenvalue weighted by molar-refractivity contribution is 7.99. The Morgan fingerprint density at radius 3 is 2.88 bits per heavy atom. The molecule has 2 N–H and O–H groups in total. The molecule has 4 rings (SSSR count). The Balaban J connectivity index is 1.72. The van der Waals surface area contributed by atoms with Gasteiger partial charge in [0, 0.05) is 11.4 Å². The first kappa shape index (κ1) is 22.3. The Hall–Kier alpha value is -2.91. The molecular weight excluding hydrogens is 444 g/mol. The van der Waals surface area contributed by atoms with E-state index in [0.717, 1.165) is 53.4 Å². The molecule has 166 valence electrons. The number of carbonyl (C=O) groups excluding carboxylic acids is 2. The zero-order chi connectivity index (χ0) is 22.8. The van der Waals surface area contributed by atoms with Crippen LogP contribution in [-0.2, 0) is 17.6 Å². The maximum atomic E-state index is 13.7. The first-order valence-corrected chi connectivity index (χ1v) is 12.2. The number of imide groups is 1. The van der Waals surface area contributed by atoms with Gasteiger partial charge in [-0.15, -0.1) is 17.9 Å². The highest BCUT2D eigenvalue weighted by atomic mass is 32.2. The van der Waals surface area contributed by atoms with Crippen LogP contribution in [0.3, 0.4) is 0 Å². The van der Waals surface area contributed by atoms with Crippen LogP contribution in [0.15, 0.2) is 40.8 Å². The maximum Gasteiger partial charge on any atom is 0.321 e. The molecule has 2 heterocycles. The van der Waals surface area contributed by atoms with Gasteiger partial charge in [0.15, 0.2) is 5.16 Å². The fraction of sp³-hybridized carbons (Fsp3) is 0.304. The van der Waals surface area contributed by atoms with Crippen molar-refractivity contribution in [1.82, 2.24) is 20.2 Å². The lowest BCUT2D eigenvalue weighted by atomic mass is 10.1. The number of aromatic nitrogens is 2. The third kappa shape index (κ3) is 4.35. The average molecular weight is 469 g/mol. The largest absolute Gasteiger partial charge is 0.334 e. The number of aryl methyl sites for hydroxylation is 4. The van der Waals surface area contributed by atoms with Gasteiger partial charge in [-0.1, -0.05) is 35.5 Å². The second kappa shape index (κ2) is 9.30. The minimum Gasteiger partial charge on any atom is -0.334 e. The summed E-state index contributed by atoms with van der Waals surface area (Å²) in [5, 5.41) is 5.91. The number of fused-ring (bicyclic) bond motifs is 3. The first-order valence-electron chi connectivity index (χ1n) is 10.4. The van der Waals surface area contributed by atoms with E-state index in [1.54, 1.807) is 15.9 Å². The predicted octanol–water partition coefficient (Wildman–Crippen LogP) is 3.66. The molecule has 0 saturated heterocycles. The van der Waals surface area contributed by atoms with Crippen molar-refractivity contribution in [3.05, 3.63) is 62.8 Å². The molecule has 0 bridgehead atoms. The third-order valence-corrected chi connectivity index (χ3v) is 7.42. The van der Waals surface area contributed by atoms with Gasteiger partial charge < -0.3 is 5.32 Å². The summed E-state index contributed by atoms with van der Waals surface area (Å²) in [6.45, 7) is 7.75. The monoisotopic (exact) mass is 468 g/mol. The highest BCUT2D eigenvalue weighted by Gasteiger charge is 2.24. The molecule has 2 aromatic heterocycles. The number of amides is 3. The summed E-state index contributed by atoms with van der Waals surface area (Å²) in [5.74, 6) is -0.512. The molecule has 0 fully saturated rings. The number of benzene rings is 1. The van der Waals surface area contributed by atoms with E-state index in [1.165, 1.54) is 11.0 Å². The molecule has 0 unspecified atom stereocenters. The fourth-order valence-corrected chi connectivity index (χ4v) is 6.00. The van der Waals surface area contributed by atoms with Gasteiger partial charge >= 0.3 is 6.03 Å². The van der Waals surface area contributed by atoms with Gasteiger partial charge in [0.2, 0.25) is 5.91 Å². The van der Waals surface area contributed by atoms with Gasteiger partial charge in [-0.3, -0.25) is 19.5 Å². The smallest absolute Gasteiger partial charge is 0.321 e. The molecule has 1 aliphatic carbocycles. The standard InChI is InChI=1S/C23H24N4O3S2/c1-4-10-24-22(30)25-18(28)12-31-23-26-20-19(15-6-5-7-17(15)32-20)21(29)27(23)16-9-8-13(2)11-14(16)3/h4,8-9,11H,1,5-7,10,12H2,2-3H3,(H2,24,25,28,30). The summed E-state index contributed by atoms with van der Waals surface area (Å²) < 4.78 is 1.61. The summed E-state index contributed by atoms with van der Waals surface area (Å²) >= 11 is 2.71. The molecule has 0 radical (unpaired) electrons. The van der Waals surface area contributed by atoms with E-state index in [0.29, 0.717) is 15.4 Å². The summed E-state index contributed by atoms with van der Waals surface area (Å²) in [6.07, 6.45) is 4.46. The molecule has 0 spiro atoms. The van der Waals surface area contributed by atoms with Gasteiger partial charge in [0.1, 0.15) is 4.83 Å². The molecule has 0 saturated carbocycles. The lowest BCUT2D eigenvalue weighted by molar-refractivity contribution is -0.117. The van der Waals surface area contributed by atoms with E-state index < -0.39 is 11.9 Å². The summed E-state index contributed by atoms with van der Waals surface area (Å²) in [7, 11) is 0. The Morgan fingerprint density at radius 1 is 1.31 bits per heavy atom. The number of nitrogens with one attached hydrogen (secondary N) is 2. The zero-order valence-corrected chi connectivity index (χ0v) is 19.6. The van der Waals surface area contributed by atoms with E-state index >= 15 is 0 Å². The van der Waals surface area contributed by atoms with Crippen molar-refractivity contribution in [1.29, 1.82) is 0 Å². The number of hydrogen-bond donors (Lipinski definition) is 2. The number of thiophene rings is 1. The number of rotatable bonds is 6. The van der Waals surface area contributed by atoms with Crippen LogP contribution in [0.25, 0.3) is 15.9 Å².